The summed E-state index contributed by atoms with van der Waals surface area (Å²) >= 11 is 1.42. The van der Waals surface area contributed by atoms with Gasteiger partial charge in [0.1, 0.15) is 5.69 Å². The van der Waals surface area contributed by atoms with Gasteiger partial charge in [0, 0.05) is 36.2 Å². The first-order chi connectivity index (χ1) is 10.7. The minimum Gasteiger partial charge on any atom is -0.302 e. The van der Waals surface area contributed by atoms with E-state index in [9.17, 15) is 4.79 Å². The van der Waals surface area contributed by atoms with Gasteiger partial charge in [0.05, 0.1) is 5.69 Å². The van der Waals surface area contributed by atoms with E-state index in [1.165, 1.54) is 11.3 Å². The van der Waals surface area contributed by atoms with Crippen molar-refractivity contribution in [2.24, 2.45) is 7.05 Å². The fourth-order valence-electron chi connectivity index (χ4n) is 2.15. The van der Waals surface area contributed by atoms with Crippen LogP contribution in [-0.4, -0.2) is 20.7 Å². The average molecular weight is 312 g/mol. The fourth-order valence-corrected chi connectivity index (χ4v) is 2.87. The van der Waals surface area contributed by atoms with Gasteiger partial charge in [-0.3, -0.25) is 9.48 Å². The van der Waals surface area contributed by atoms with Gasteiger partial charge in [-0.25, -0.2) is 4.98 Å². The highest BCUT2D eigenvalue weighted by molar-refractivity contribution is 7.14. The Morgan fingerprint density at radius 3 is 2.82 bits per heavy atom. The van der Waals surface area contributed by atoms with Gasteiger partial charge in [0.25, 0.3) is 0 Å². The molecular weight excluding hydrogens is 296 g/mol. The summed E-state index contributed by atoms with van der Waals surface area (Å²) in [6, 6.07) is 10.0. The number of nitrogens with zero attached hydrogens (tertiary/aromatic N) is 3. The Labute approximate surface area is 132 Å². The Bertz CT molecular complexity index is 792. The van der Waals surface area contributed by atoms with E-state index in [1.807, 2.05) is 55.9 Å². The second-order valence-corrected chi connectivity index (χ2v) is 5.73. The number of aryl methyl sites for hydroxylation is 1. The predicted octanol–water partition coefficient (Wildman–Crippen LogP) is 3.56. The number of anilines is 1. The van der Waals surface area contributed by atoms with Gasteiger partial charge >= 0.3 is 0 Å². The fraction of sp³-hybridized carbons (Fsp3) is 0.188. The molecule has 0 spiro atoms. The highest BCUT2D eigenvalue weighted by Gasteiger charge is 2.15. The molecule has 22 heavy (non-hydrogen) atoms. The van der Waals surface area contributed by atoms with Crippen molar-refractivity contribution in [1.82, 2.24) is 14.8 Å². The van der Waals surface area contributed by atoms with Gasteiger partial charge in [-0.15, -0.1) is 11.3 Å². The SMILES string of the molecule is CCC(=O)Nc1nc(-c2cn(C)nc2-c2ccccc2)cs1. The largest absolute Gasteiger partial charge is 0.302 e. The van der Waals surface area contributed by atoms with Crippen molar-refractivity contribution in [3.05, 3.63) is 41.9 Å². The molecule has 2 aromatic heterocycles. The molecule has 0 atom stereocenters. The van der Waals surface area contributed by atoms with Crippen LogP contribution in [0.5, 0.6) is 0 Å². The van der Waals surface area contributed by atoms with E-state index in [1.54, 1.807) is 4.68 Å². The van der Waals surface area contributed by atoms with Gasteiger partial charge in [-0.05, 0) is 0 Å². The molecule has 6 heteroatoms. The van der Waals surface area contributed by atoms with Crippen LogP contribution in [0.1, 0.15) is 13.3 Å². The minimum absolute atomic E-state index is 0.0321. The number of carbonyl (C=O) groups excluding carboxylic acids is 1. The number of carbonyl (C=O) groups is 1. The van der Waals surface area contributed by atoms with Gasteiger partial charge in [-0.1, -0.05) is 37.3 Å². The Morgan fingerprint density at radius 2 is 2.09 bits per heavy atom. The molecule has 1 amide bonds. The van der Waals surface area contributed by atoms with Crippen LogP contribution >= 0.6 is 11.3 Å². The predicted molar refractivity (Wildman–Crippen MR) is 88.7 cm³/mol. The van der Waals surface area contributed by atoms with Crippen molar-refractivity contribution in [1.29, 1.82) is 0 Å². The first-order valence-corrected chi connectivity index (χ1v) is 7.90. The molecule has 112 valence electrons. The summed E-state index contributed by atoms with van der Waals surface area (Å²) in [7, 11) is 1.89. The lowest BCUT2D eigenvalue weighted by Gasteiger charge is -2.00. The smallest absolute Gasteiger partial charge is 0.225 e. The Kier molecular flexibility index (Phi) is 4.02. The van der Waals surface area contributed by atoms with Gasteiger partial charge in [0.2, 0.25) is 5.91 Å². The van der Waals surface area contributed by atoms with E-state index in [4.69, 9.17) is 0 Å². The maximum Gasteiger partial charge on any atom is 0.225 e. The van der Waals surface area contributed by atoms with E-state index in [0.29, 0.717) is 11.6 Å². The quantitative estimate of drug-likeness (QED) is 0.801. The molecule has 1 N–H and O–H groups in total. The van der Waals surface area contributed by atoms with E-state index < -0.39 is 0 Å². The highest BCUT2D eigenvalue weighted by Crippen LogP contribution is 2.32. The number of rotatable bonds is 4. The lowest BCUT2D eigenvalue weighted by atomic mass is 10.1. The van der Waals surface area contributed by atoms with Crippen LogP contribution in [0.15, 0.2) is 41.9 Å². The van der Waals surface area contributed by atoms with Crippen molar-refractivity contribution in [3.63, 3.8) is 0 Å². The normalized spacial score (nSPS) is 10.6. The molecule has 2 heterocycles. The van der Waals surface area contributed by atoms with Crippen molar-refractivity contribution in [3.8, 4) is 22.5 Å². The lowest BCUT2D eigenvalue weighted by Crippen LogP contribution is -2.08. The number of thiazole rings is 1. The maximum absolute atomic E-state index is 11.5. The molecule has 0 aliphatic heterocycles. The number of benzene rings is 1. The summed E-state index contributed by atoms with van der Waals surface area (Å²) in [6.45, 7) is 1.82. The number of hydrogen-bond acceptors (Lipinski definition) is 4. The summed E-state index contributed by atoms with van der Waals surface area (Å²) < 4.78 is 1.78. The molecule has 0 radical (unpaired) electrons. The third-order valence-electron chi connectivity index (χ3n) is 3.22. The molecular formula is C16H16N4OS. The van der Waals surface area contributed by atoms with Crippen LogP contribution in [0.4, 0.5) is 5.13 Å². The molecule has 0 saturated carbocycles. The summed E-state index contributed by atoms with van der Waals surface area (Å²) in [4.78, 5) is 16.0. The third-order valence-corrected chi connectivity index (χ3v) is 3.98. The van der Waals surface area contributed by atoms with Crippen LogP contribution in [0.3, 0.4) is 0 Å². The van der Waals surface area contributed by atoms with Crippen molar-refractivity contribution in [2.75, 3.05) is 5.32 Å². The van der Waals surface area contributed by atoms with Crippen LogP contribution < -0.4 is 5.32 Å². The zero-order chi connectivity index (χ0) is 15.5. The minimum atomic E-state index is -0.0321. The molecule has 3 rings (SSSR count). The summed E-state index contributed by atoms with van der Waals surface area (Å²) in [5.41, 5.74) is 3.72. The van der Waals surface area contributed by atoms with Gasteiger partial charge in [-0.2, -0.15) is 5.10 Å². The number of hydrogen-bond donors (Lipinski definition) is 1. The second kappa shape index (κ2) is 6.11. The first kappa shape index (κ1) is 14.5. The lowest BCUT2D eigenvalue weighted by molar-refractivity contribution is -0.115. The third kappa shape index (κ3) is 2.92. The molecule has 3 aromatic rings. The maximum atomic E-state index is 11.5. The number of aromatic nitrogens is 3. The standard InChI is InChI=1S/C16H16N4OS/c1-3-14(21)18-16-17-13(10-22-16)12-9-20(2)19-15(12)11-7-5-4-6-8-11/h4-10H,3H2,1-2H3,(H,17,18,21). The molecule has 5 nitrogen and oxygen atoms in total. The molecule has 0 aliphatic rings. The Morgan fingerprint density at radius 1 is 1.32 bits per heavy atom. The summed E-state index contributed by atoms with van der Waals surface area (Å²) in [6.07, 6.45) is 2.39. The second-order valence-electron chi connectivity index (χ2n) is 4.87. The van der Waals surface area contributed by atoms with E-state index >= 15 is 0 Å². The van der Waals surface area contributed by atoms with E-state index in [-0.39, 0.29) is 5.91 Å². The monoisotopic (exact) mass is 312 g/mol. The average Bonchev–Trinajstić information content (AvgIpc) is 3.14. The van der Waals surface area contributed by atoms with E-state index in [0.717, 1.165) is 22.5 Å². The van der Waals surface area contributed by atoms with Gasteiger partial charge in [0.15, 0.2) is 5.13 Å². The van der Waals surface area contributed by atoms with Crippen molar-refractivity contribution in [2.45, 2.75) is 13.3 Å². The molecule has 0 saturated heterocycles. The molecule has 0 aliphatic carbocycles. The Balaban J connectivity index is 1.97. The first-order valence-electron chi connectivity index (χ1n) is 7.02. The topological polar surface area (TPSA) is 59.8 Å². The van der Waals surface area contributed by atoms with Crippen LogP contribution in [-0.2, 0) is 11.8 Å². The zero-order valence-electron chi connectivity index (χ0n) is 12.4. The highest BCUT2D eigenvalue weighted by atomic mass is 32.1. The summed E-state index contributed by atoms with van der Waals surface area (Å²) in [5.74, 6) is -0.0321. The van der Waals surface area contributed by atoms with Crippen LogP contribution in [0, 0.1) is 0 Å². The van der Waals surface area contributed by atoms with E-state index in [2.05, 4.69) is 15.4 Å². The number of amides is 1. The molecule has 1 aromatic carbocycles. The van der Waals surface area contributed by atoms with Crippen molar-refractivity contribution >= 4 is 22.4 Å². The summed E-state index contributed by atoms with van der Waals surface area (Å²) in [5, 5.41) is 9.88. The van der Waals surface area contributed by atoms with Crippen molar-refractivity contribution < 1.29 is 4.79 Å². The Hall–Kier alpha value is -2.47. The molecule has 0 bridgehead atoms. The molecule has 0 unspecified atom stereocenters. The zero-order valence-corrected chi connectivity index (χ0v) is 13.2. The number of nitrogens with one attached hydrogen (secondary N) is 1. The van der Waals surface area contributed by atoms with Gasteiger partial charge < -0.3 is 5.32 Å². The van der Waals surface area contributed by atoms with Crippen LogP contribution in [0.25, 0.3) is 22.5 Å². The molecule has 0 fully saturated rings. The van der Waals surface area contributed by atoms with Crippen LogP contribution in [0.2, 0.25) is 0 Å².